The summed E-state index contributed by atoms with van der Waals surface area (Å²) >= 11 is 0. The molecule has 0 saturated carbocycles. The highest BCUT2D eigenvalue weighted by atomic mass is 16.5. The smallest absolute Gasteiger partial charge is 0.0743 e. The molecule has 2 aromatic rings. The summed E-state index contributed by atoms with van der Waals surface area (Å²) in [6.45, 7) is 7.11. The summed E-state index contributed by atoms with van der Waals surface area (Å²) in [7, 11) is 0. The van der Waals surface area contributed by atoms with Gasteiger partial charge >= 0.3 is 0 Å². The molecule has 2 aromatic heterocycles. The highest BCUT2D eigenvalue weighted by molar-refractivity contribution is 5.10. The largest absolute Gasteiger partial charge is 0.375 e. The van der Waals surface area contributed by atoms with E-state index in [0.717, 1.165) is 45.9 Å². The Morgan fingerprint density at radius 2 is 1.76 bits per heavy atom. The van der Waals surface area contributed by atoms with Crippen LogP contribution >= 0.6 is 0 Å². The minimum atomic E-state index is 0.355. The van der Waals surface area contributed by atoms with Crippen molar-refractivity contribution in [2.75, 3.05) is 32.8 Å². The molecule has 132 valence electrons. The zero-order valence-corrected chi connectivity index (χ0v) is 14.6. The average Bonchev–Trinajstić information content (AvgIpc) is 2.85. The van der Waals surface area contributed by atoms with Crippen LogP contribution in [0.1, 0.15) is 17.5 Å². The van der Waals surface area contributed by atoms with Crippen LogP contribution in [0.25, 0.3) is 0 Å². The first-order chi connectivity index (χ1) is 12.4. The number of hydrogen-bond donors (Lipinski definition) is 0. The van der Waals surface area contributed by atoms with E-state index in [2.05, 4.69) is 38.0 Å². The lowest BCUT2D eigenvalue weighted by Gasteiger charge is -2.38. The van der Waals surface area contributed by atoms with E-state index in [1.807, 2.05) is 30.9 Å². The first-order valence-electron chi connectivity index (χ1n) is 9.21. The molecule has 2 aliphatic heterocycles. The number of hydrogen-bond acceptors (Lipinski definition) is 5. The SMILES string of the molecule is c1cncc(CN2CC[C@H]3CN(Cc4ccncc4)CCO[C@H]3C2)c1. The number of piperidine rings is 1. The van der Waals surface area contributed by atoms with Gasteiger partial charge in [0.2, 0.25) is 0 Å². The fraction of sp³-hybridized carbons (Fsp3) is 0.500. The van der Waals surface area contributed by atoms with Gasteiger partial charge in [0.25, 0.3) is 0 Å². The van der Waals surface area contributed by atoms with E-state index in [1.165, 1.54) is 17.5 Å². The Morgan fingerprint density at radius 1 is 0.920 bits per heavy atom. The maximum atomic E-state index is 6.23. The molecular formula is C20H26N4O. The zero-order chi connectivity index (χ0) is 16.9. The van der Waals surface area contributed by atoms with E-state index in [0.29, 0.717) is 12.0 Å². The molecular weight excluding hydrogens is 312 g/mol. The average molecular weight is 338 g/mol. The van der Waals surface area contributed by atoms with Crippen molar-refractivity contribution >= 4 is 0 Å². The molecule has 0 aliphatic carbocycles. The number of fused-ring (bicyclic) bond motifs is 1. The summed E-state index contributed by atoms with van der Waals surface area (Å²) in [4.78, 5) is 13.4. The van der Waals surface area contributed by atoms with E-state index in [1.54, 1.807) is 0 Å². The lowest BCUT2D eigenvalue weighted by molar-refractivity contribution is -0.0242. The Balaban J connectivity index is 1.34. The van der Waals surface area contributed by atoms with Crippen LogP contribution in [0.4, 0.5) is 0 Å². The lowest BCUT2D eigenvalue weighted by Crippen LogP contribution is -2.46. The van der Waals surface area contributed by atoms with E-state index >= 15 is 0 Å². The minimum absolute atomic E-state index is 0.355. The zero-order valence-electron chi connectivity index (χ0n) is 14.6. The molecule has 0 radical (unpaired) electrons. The maximum Gasteiger partial charge on any atom is 0.0743 e. The van der Waals surface area contributed by atoms with Crippen LogP contribution in [0.3, 0.4) is 0 Å². The number of aromatic nitrogens is 2. The van der Waals surface area contributed by atoms with Crippen molar-refractivity contribution in [2.24, 2.45) is 5.92 Å². The fourth-order valence-electron chi connectivity index (χ4n) is 3.97. The van der Waals surface area contributed by atoms with Crippen LogP contribution in [0.2, 0.25) is 0 Å². The standard InChI is InChI=1S/C20H26N4O/c1-2-18(12-22-6-1)14-23-9-5-19-15-24(10-11-25-20(19)16-23)13-17-3-7-21-8-4-17/h1-4,6-8,12,19-20H,5,9-11,13-16H2/t19-,20-/m0/s1. The third kappa shape index (κ3) is 4.42. The van der Waals surface area contributed by atoms with Gasteiger partial charge in [-0.25, -0.2) is 0 Å². The van der Waals surface area contributed by atoms with Gasteiger partial charge in [-0.2, -0.15) is 0 Å². The van der Waals surface area contributed by atoms with E-state index in [9.17, 15) is 0 Å². The molecule has 5 heteroatoms. The molecule has 0 spiro atoms. The normalized spacial score (nSPS) is 25.3. The monoisotopic (exact) mass is 338 g/mol. The second kappa shape index (κ2) is 8.04. The molecule has 0 aromatic carbocycles. The number of rotatable bonds is 4. The number of pyridine rings is 2. The third-order valence-electron chi connectivity index (χ3n) is 5.30. The predicted octanol–water partition coefficient (Wildman–Crippen LogP) is 2.20. The molecule has 0 amide bonds. The van der Waals surface area contributed by atoms with Gasteiger partial charge in [-0.15, -0.1) is 0 Å². The Hall–Kier alpha value is -1.82. The van der Waals surface area contributed by atoms with E-state index in [4.69, 9.17) is 4.74 Å². The van der Waals surface area contributed by atoms with Gasteiger partial charge in [0.05, 0.1) is 12.7 Å². The topological polar surface area (TPSA) is 41.5 Å². The third-order valence-corrected chi connectivity index (χ3v) is 5.30. The second-order valence-electron chi connectivity index (χ2n) is 7.14. The molecule has 0 bridgehead atoms. The highest BCUT2D eigenvalue weighted by Crippen LogP contribution is 2.25. The van der Waals surface area contributed by atoms with Gasteiger partial charge in [-0.3, -0.25) is 19.8 Å². The Labute approximate surface area is 149 Å². The Bertz CT molecular complexity index is 651. The van der Waals surface area contributed by atoms with Gasteiger partial charge in [-0.05, 0) is 42.3 Å². The van der Waals surface area contributed by atoms with Crippen molar-refractivity contribution in [3.05, 3.63) is 60.2 Å². The fourth-order valence-corrected chi connectivity index (χ4v) is 3.97. The molecule has 5 nitrogen and oxygen atoms in total. The van der Waals surface area contributed by atoms with Gasteiger partial charge in [0, 0.05) is 63.4 Å². The van der Waals surface area contributed by atoms with E-state index in [-0.39, 0.29) is 0 Å². The number of likely N-dealkylation sites (tertiary alicyclic amines) is 1. The highest BCUT2D eigenvalue weighted by Gasteiger charge is 2.33. The van der Waals surface area contributed by atoms with Crippen molar-refractivity contribution in [3.63, 3.8) is 0 Å². The Kier molecular flexibility index (Phi) is 5.35. The van der Waals surface area contributed by atoms with Crippen LogP contribution in [0, 0.1) is 5.92 Å². The van der Waals surface area contributed by atoms with Crippen molar-refractivity contribution < 1.29 is 4.74 Å². The summed E-state index contributed by atoms with van der Waals surface area (Å²) < 4.78 is 6.23. The molecule has 4 rings (SSSR count). The van der Waals surface area contributed by atoms with Gasteiger partial charge in [0.15, 0.2) is 0 Å². The summed E-state index contributed by atoms with van der Waals surface area (Å²) in [6.07, 6.45) is 9.12. The van der Waals surface area contributed by atoms with Gasteiger partial charge < -0.3 is 4.74 Å². The lowest BCUT2D eigenvalue weighted by atomic mass is 9.93. The van der Waals surface area contributed by atoms with Crippen molar-refractivity contribution in [1.29, 1.82) is 0 Å². The molecule has 25 heavy (non-hydrogen) atoms. The summed E-state index contributed by atoms with van der Waals surface area (Å²) in [5.41, 5.74) is 2.62. The van der Waals surface area contributed by atoms with E-state index < -0.39 is 0 Å². The number of nitrogens with zero attached hydrogens (tertiary/aromatic N) is 4. The van der Waals surface area contributed by atoms with Gasteiger partial charge in [0.1, 0.15) is 0 Å². The van der Waals surface area contributed by atoms with Crippen LogP contribution in [-0.4, -0.2) is 58.7 Å². The van der Waals surface area contributed by atoms with Crippen LogP contribution in [-0.2, 0) is 17.8 Å². The molecule has 0 unspecified atom stereocenters. The van der Waals surface area contributed by atoms with Crippen molar-refractivity contribution in [2.45, 2.75) is 25.6 Å². The molecule has 0 N–H and O–H groups in total. The summed E-state index contributed by atoms with van der Waals surface area (Å²) in [6, 6.07) is 8.39. The maximum absolute atomic E-state index is 6.23. The molecule has 2 saturated heterocycles. The quantitative estimate of drug-likeness (QED) is 0.855. The Morgan fingerprint density at radius 3 is 2.60 bits per heavy atom. The second-order valence-corrected chi connectivity index (χ2v) is 7.14. The summed E-state index contributed by atoms with van der Waals surface area (Å²) in [5.74, 6) is 0.634. The predicted molar refractivity (Wildman–Crippen MR) is 96.9 cm³/mol. The van der Waals surface area contributed by atoms with Gasteiger partial charge in [-0.1, -0.05) is 6.07 Å². The van der Waals surface area contributed by atoms with Crippen LogP contribution in [0.15, 0.2) is 49.1 Å². The first kappa shape index (κ1) is 16.6. The molecule has 2 aliphatic rings. The molecule has 2 atom stereocenters. The minimum Gasteiger partial charge on any atom is -0.375 e. The first-order valence-corrected chi connectivity index (χ1v) is 9.21. The summed E-state index contributed by atoms with van der Waals surface area (Å²) in [5, 5.41) is 0. The number of ether oxygens (including phenoxy) is 1. The van der Waals surface area contributed by atoms with Crippen molar-refractivity contribution in [1.82, 2.24) is 19.8 Å². The molecule has 4 heterocycles. The van der Waals surface area contributed by atoms with Crippen LogP contribution < -0.4 is 0 Å². The van der Waals surface area contributed by atoms with Crippen molar-refractivity contribution in [3.8, 4) is 0 Å². The van der Waals surface area contributed by atoms with Crippen LogP contribution in [0.5, 0.6) is 0 Å². The molecule has 2 fully saturated rings.